The van der Waals surface area contributed by atoms with Crippen LogP contribution in [0.15, 0.2) is 42.5 Å². The van der Waals surface area contributed by atoms with E-state index in [0.29, 0.717) is 17.1 Å². The molecule has 7 nitrogen and oxygen atoms in total. The lowest BCUT2D eigenvalue weighted by Gasteiger charge is -2.10. The lowest BCUT2D eigenvalue weighted by atomic mass is 10.1. The second kappa shape index (κ2) is 7.87. The van der Waals surface area contributed by atoms with Crippen LogP contribution in [0.4, 0.5) is 0 Å². The zero-order valence-corrected chi connectivity index (χ0v) is 13.3. The van der Waals surface area contributed by atoms with E-state index in [2.05, 4.69) is 10.9 Å². The van der Waals surface area contributed by atoms with Crippen molar-refractivity contribution in [2.75, 3.05) is 14.2 Å². The number of rotatable bonds is 5. The van der Waals surface area contributed by atoms with Gasteiger partial charge in [-0.05, 0) is 35.9 Å². The van der Waals surface area contributed by atoms with Crippen LogP contribution in [0.3, 0.4) is 0 Å². The molecular formula is C17H18N2O5. The highest BCUT2D eigenvalue weighted by Crippen LogP contribution is 2.27. The van der Waals surface area contributed by atoms with E-state index in [1.165, 1.54) is 38.5 Å². The molecule has 0 bridgehead atoms. The van der Waals surface area contributed by atoms with Crippen molar-refractivity contribution in [2.24, 2.45) is 0 Å². The van der Waals surface area contributed by atoms with Gasteiger partial charge in [0.05, 0.1) is 20.6 Å². The third kappa shape index (κ3) is 4.39. The second-order valence-corrected chi connectivity index (χ2v) is 4.92. The number of ether oxygens (including phenoxy) is 2. The number of phenols is 1. The summed E-state index contributed by atoms with van der Waals surface area (Å²) in [4.78, 5) is 23.8. The smallest absolute Gasteiger partial charge is 0.269 e. The van der Waals surface area contributed by atoms with Gasteiger partial charge in [0, 0.05) is 5.56 Å². The summed E-state index contributed by atoms with van der Waals surface area (Å²) in [5.41, 5.74) is 5.56. The first-order chi connectivity index (χ1) is 11.5. The molecule has 0 unspecified atom stereocenters. The zero-order chi connectivity index (χ0) is 17.5. The van der Waals surface area contributed by atoms with Crippen molar-refractivity contribution in [3.8, 4) is 17.2 Å². The molecule has 3 N–H and O–H groups in total. The number of carbonyl (C=O) groups is 2. The quantitative estimate of drug-likeness (QED) is 0.720. The number of hydrazine groups is 1. The van der Waals surface area contributed by atoms with Crippen LogP contribution in [0.5, 0.6) is 17.2 Å². The Morgan fingerprint density at radius 3 is 2.42 bits per heavy atom. The molecule has 0 spiro atoms. The molecule has 126 valence electrons. The first kappa shape index (κ1) is 17.1. The van der Waals surface area contributed by atoms with Crippen molar-refractivity contribution < 1.29 is 24.2 Å². The van der Waals surface area contributed by atoms with Crippen LogP contribution < -0.4 is 20.3 Å². The number of hydrogen-bond acceptors (Lipinski definition) is 5. The molecule has 0 radical (unpaired) electrons. The Morgan fingerprint density at radius 1 is 1.00 bits per heavy atom. The third-order valence-electron chi connectivity index (χ3n) is 3.24. The highest BCUT2D eigenvalue weighted by molar-refractivity contribution is 5.95. The van der Waals surface area contributed by atoms with Crippen molar-refractivity contribution in [1.82, 2.24) is 10.9 Å². The molecule has 0 fully saturated rings. The summed E-state index contributed by atoms with van der Waals surface area (Å²) in [6.07, 6.45) is 0.0562. The summed E-state index contributed by atoms with van der Waals surface area (Å²) in [6, 6.07) is 10.9. The molecule has 0 heterocycles. The Hall–Kier alpha value is -3.22. The number of amides is 2. The number of hydrogen-bond donors (Lipinski definition) is 3. The van der Waals surface area contributed by atoms with Gasteiger partial charge in [-0.3, -0.25) is 20.4 Å². The molecule has 0 aliphatic heterocycles. The SMILES string of the molecule is COc1ccc(CC(=O)NNC(=O)c2cccc(O)c2)cc1OC. The van der Waals surface area contributed by atoms with Crippen LogP contribution in [-0.2, 0) is 11.2 Å². The van der Waals surface area contributed by atoms with Gasteiger partial charge in [0.2, 0.25) is 5.91 Å². The van der Waals surface area contributed by atoms with Crippen LogP contribution in [0.2, 0.25) is 0 Å². The van der Waals surface area contributed by atoms with Crippen LogP contribution in [-0.4, -0.2) is 31.1 Å². The van der Waals surface area contributed by atoms with E-state index in [1.54, 1.807) is 18.2 Å². The van der Waals surface area contributed by atoms with E-state index in [1.807, 2.05) is 0 Å². The predicted molar refractivity (Wildman–Crippen MR) is 87.0 cm³/mol. The van der Waals surface area contributed by atoms with Gasteiger partial charge in [0.25, 0.3) is 5.91 Å². The Bertz CT molecular complexity index is 746. The summed E-state index contributed by atoms with van der Waals surface area (Å²) < 4.78 is 10.3. The average molecular weight is 330 g/mol. The summed E-state index contributed by atoms with van der Waals surface area (Å²) in [7, 11) is 3.04. The maximum atomic E-state index is 11.9. The fourth-order valence-electron chi connectivity index (χ4n) is 2.07. The van der Waals surface area contributed by atoms with Gasteiger partial charge in [0.15, 0.2) is 11.5 Å². The molecule has 0 atom stereocenters. The van der Waals surface area contributed by atoms with Crippen molar-refractivity contribution >= 4 is 11.8 Å². The van der Waals surface area contributed by atoms with Crippen molar-refractivity contribution in [2.45, 2.75) is 6.42 Å². The topological polar surface area (TPSA) is 96.9 Å². The zero-order valence-electron chi connectivity index (χ0n) is 13.3. The van der Waals surface area contributed by atoms with E-state index >= 15 is 0 Å². The van der Waals surface area contributed by atoms with Crippen molar-refractivity contribution in [3.05, 3.63) is 53.6 Å². The van der Waals surface area contributed by atoms with Gasteiger partial charge < -0.3 is 14.6 Å². The fraction of sp³-hybridized carbons (Fsp3) is 0.176. The van der Waals surface area contributed by atoms with Crippen LogP contribution in [0, 0.1) is 0 Å². The Morgan fingerprint density at radius 2 is 1.75 bits per heavy atom. The van der Waals surface area contributed by atoms with E-state index < -0.39 is 11.8 Å². The fourth-order valence-corrected chi connectivity index (χ4v) is 2.07. The molecule has 2 aromatic carbocycles. The monoisotopic (exact) mass is 330 g/mol. The largest absolute Gasteiger partial charge is 0.508 e. The first-order valence-corrected chi connectivity index (χ1v) is 7.12. The lowest BCUT2D eigenvalue weighted by Crippen LogP contribution is -2.42. The Kier molecular flexibility index (Phi) is 5.62. The third-order valence-corrected chi connectivity index (χ3v) is 3.24. The van der Waals surface area contributed by atoms with Gasteiger partial charge in [-0.2, -0.15) is 0 Å². The van der Waals surface area contributed by atoms with Gasteiger partial charge in [0.1, 0.15) is 5.75 Å². The molecule has 24 heavy (non-hydrogen) atoms. The normalized spacial score (nSPS) is 9.92. The molecule has 0 saturated heterocycles. The van der Waals surface area contributed by atoms with Gasteiger partial charge in [-0.15, -0.1) is 0 Å². The summed E-state index contributed by atoms with van der Waals surface area (Å²) in [5, 5.41) is 9.34. The minimum absolute atomic E-state index is 0.0284. The number of phenolic OH excluding ortho intramolecular Hbond substituents is 1. The van der Waals surface area contributed by atoms with Crippen LogP contribution in [0.1, 0.15) is 15.9 Å². The van der Waals surface area contributed by atoms with E-state index in [4.69, 9.17) is 9.47 Å². The summed E-state index contributed by atoms with van der Waals surface area (Å²) in [6.45, 7) is 0. The van der Waals surface area contributed by atoms with Gasteiger partial charge in [-0.1, -0.05) is 12.1 Å². The first-order valence-electron chi connectivity index (χ1n) is 7.12. The standard InChI is InChI=1S/C17H18N2O5/c1-23-14-7-6-11(8-15(14)24-2)9-16(21)18-19-17(22)12-4-3-5-13(20)10-12/h3-8,10,20H,9H2,1-2H3,(H,18,21)(H,19,22). The van der Waals surface area contributed by atoms with Gasteiger partial charge in [-0.25, -0.2) is 0 Å². The molecule has 0 aliphatic rings. The van der Waals surface area contributed by atoms with E-state index in [9.17, 15) is 14.7 Å². The molecule has 0 saturated carbocycles. The summed E-state index contributed by atoms with van der Waals surface area (Å²) >= 11 is 0. The van der Waals surface area contributed by atoms with Crippen molar-refractivity contribution in [1.29, 1.82) is 0 Å². The van der Waals surface area contributed by atoms with E-state index in [0.717, 1.165) is 0 Å². The molecule has 0 aromatic heterocycles. The minimum Gasteiger partial charge on any atom is -0.508 e. The van der Waals surface area contributed by atoms with E-state index in [-0.39, 0.29) is 17.7 Å². The average Bonchev–Trinajstić information content (AvgIpc) is 2.59. The number of benzene rings is 2. The number of aromatic hydroxyl groups is 1. The lowest BCUT2D eigenvalue weighted by molar-refractivity contribution is -0.121. The minimum atomic E-state index is -0.522. The molecular weight excluding hydrogens is 312 g/mol. The molecule has 7 heteroatoms. The highest BCUT2D eigenvalue weighted by Gasteiger charge is 2.10. The molecule has 2 amide bonds. The maximum Gasteiger partial charge on any atom is 0.269 e. The molecule has 0 aliphatic carbocycles. The molecule has 2 aromatic rings. The number of methoxy groups -OCH3 is 2. The number of nitrogens with one attached hydrogen (secondary N) is 2. The van der Waals surface area contributed by atoms with Gasteiger partial charge >= 0.3 is 0 Å². The predicted octanol–water partition coefficient (Wildman–Crippen LogP) is 1.41. The van der Waals surface area contributed by atoms with Crippen LogP contribution in [0.25, 0.3) is 0 Å². The Labute approximate surface area is 139 Å². The second-order valence-electron chi connectivity index (χ2n) is 4.92. The number of carbonyl (C=O) groups excluding carboxylic acids is 2. The van der Waals surface area contributed by atoms with Crippen LogP contribution >= 0.6 is 0 Å². The van der Waals surface area contributed by atoms with Crippen molar-refractivity contribution in [3.63, 3.8) is 0 Å². The molecule has 2 rings (SSSR count). The Balaban J connectivity index is 1.92. The highest BCUT2D eigenvalue weighted by atomic mass is 16.5. The summed E-state index contributed by atoms with van der Waals surface area (Å²) in [5.74, 6) is 0.145. The maximum absolute atomic E-state index is 11.9.